The Morgan fingerprint density at radius 2 is 1.65 bits per heavy atom. The second-order valence-electron chi connectivity index (χ2n) is 3.84. The van der Waals surface area contributed by atoms with Crippen LogP contribution in [0.25, 0.3) is 11.0 Å². The van der Waals surface area contributed by atoms with Crippen LogP contribution < -0.4 is 5.63 Å². The summed E-state index contributed by atoms with van der Waals surface area (Å²) in [7, 11) is 7.95. The highest BCUT2D eigenvalue weighted by Gasteiger charge is 2.08. The minimum absolute atomic E-state index is 0.231. The Balaban J connectivity index is 2.80. The standard InChI is InChI=1S/C12H15O2P3/c13-12-10(6-17)3-8-1-7(4-15)2-9(5-16)11(8)14-12/h1-3H,4-6,15-17H2. The third kappa shape index (κ3) is 2.60. The summed E-state index contributed by atoms with van der Waals surface area (Å²) in [6.07, 6.45) is 2.32. The Morgan fingerprint density at radius 1 is 0.941 bits per heavy atom. The van der Waals surface area contributed by atoms with Gasteiger partial charge in [-0.15, -0.1) is 27.7 Å². The second-order valence-corrected chi connectivity index (χ2v) is 5.07. The minimum atomic E-state index is -0.231. The van der Waals surface area contributed by atoms with Crippen LogP contribution >= 0.6 is 27.7 Å². The molecule has 0 fully saturated rings. The molecule has 0 saturated carbocycles. The van der Waals surface area contributed by atoms with Gasteiger partial charge in [0.15, 0.2) is 0 Å². The summed E-state index contributed by atoms with van der Waals surface area (Å²) in [6, 6.07) is 6.10. The zero-order chi connectivity index (χ0) is 12.4. The van der Waals surface area contributed by atoms with Crippen LogP contribution in [0.15, 0.2) is 27.4 Å². The molecule has 2 nitrogen and oxygen atoms in total. The molecule has 0 aliphatic heterocycles. The maximum absolute atomic E-state index is 11.7. The molecule has 0 aliphatic carbocycles. The highest BCUT2D eigenvalue weighted by atomic mass is 31.0. The van der Waals surface area contributed by atoms with Crippen LogP contribution in [0.2, 0.25) is 0 Å². The molecule has 3 atom stereocenters. The average Bonchev–Trinajstić information content (AvgIpc) is 2.36. The molecule has 3 unspecified atom stereocenters. The van der Waals surface area contributed by atoms with E-state index in [1.165, 1.54) is 5.56 Å². The van der Waals surface area contributed by atoms with Crippen LogP contribution in [0, 0.1) is 0 Å². The Kier molecular flexibility index (Phi) is 4.31. The lowest BCUT2D eigenvalue weighted by atomic mass is 10.1. The fraction of sp³-hybridized carbons (Fsp3) is 0.250. The van der Waals surface area contributed by atoms with Crippen molar-refractivity contribution >= 4 is 38.7 Å². The zero-order valence-corrected chi connectivity index (χ0v) is 12.9. The van der Waals surface area contributed by atoms with E-state index in [9.17, 15) is 4.79 Å². The van der Waals surface area contributed by atoms with Crippen molar-refractivity contribution in [1.82, 2.24) is 0 Å². The molecule has 1 heterocycles. The number of rotatable bonds is 3. The van der Waals surface area contributed by atoms with Crippen molar-refractivity contribution in [2.45, 2.75) is 18.5 Å². The molecule has 1 aromatic heterocycles. The molecule has 0 saturated heterocycles. The van der Waals surface area contributed by atoms with E-state index in [0.29, 0.717) is 11.7 Å². The van der Waals surface area contributed by atoms with Crippen LogP contribution in [0.4, 0.5) is 0 Å². The van der Waals surface area contributed by atoms with Crippen molar-refractivity contribution in [2.24, 2.45) is 0 Å². The van der Waals surface area contributed by atoms with E-state index in [2.05, 4.69) is 39.9 Å². The summed E-state index contributed by atoms with van der Waals surface area (Å²) in [5, 5.41) is 1.01. The predicted octanol–water partition coefficient (Wildman–Crippen LogP) is 2.92. The van der Waals surface area contributed by atoms with E-state index in [-0.39, 0.29) is 5.63 Å². The van der Waals surface area contributed by atoms with E-state index in [1.54, 1.807) is 0 Å². The zero-order valence-electron chi connectivity index (χ0n) is 9.40. The third-order valence-electron chi connectivity index (χ3n) is 2.72. The van der Waals surface area contributed by atoms with Gasteiger partial charge in [0.1, 0.15) is 5.58 Å². The molecule has 0 amide bonds. The summed E-state index contributed by atoms with van der Waals surface area (Å²) in [5.74, 6) is 0. The lowest BCUT2D eigenvalue weighted by Gasteiger charge is -2.07. The molecule has 2 aromatic rings. The molecule has 17 heavy (non-hydrogen) atoms. The molecule has 0 N–H and O–H groups in total. The quantitative estimate of drug-likeness (QED) is 0.641. The molecule has 0 aliphatic rings. The maximum atomic E-state index is 11.7. The van der Waals surface area contributed by atoms with E-state index in [4.69, 9.17) is 4.42 Å². The number of benzene rings is 1. The van der Waals surface area contributed by atoms with Gasteiger partial charge in [-0.3, -0.25) is 0 Å². The number of hydrogen-bond acceptors (Lipinski definition) is 2. The highest BCUT2D eigenvalue weighted by Crippen LogP contribution is 2.24. The van der Waals surface area contributed by atoms with Crippen molar-refractivity contribution in [1.29, 1.82) is 0 Å². The second kappa shape index (κ2) is 5.57. The van der Waals surface area contributed by atoms with Gasteiger partial charge in [0, 0.05) is 10.9 Å². The van der Waals surface area contributed by atoms with Gasteiger partial charge in [0.05, 0.1) is 0 Å². The van der Waals surface area contributed by atoms with Gasteiger partial charge >= 0.3 is 5.63 Å². The van der Waals surface area contributed by atoms with E-state index in [0.717, 1.165) is 28.9 Å². The molecular weight excluding hydrogens is 269 g/mol. The van der Waals surface area contributed by atoms with Gasteiger partial charge in [-0.25, -0.2) is 4.79 Å². The van der Waals surface area contributed by atoms with E-state index in [1.807, 2.05) is 6.07 Å². The van der Waals surface area contributed by atoms with Crippen molar-refractivity contribution in [3.63, 3.8) is 0 Å². The molecular formula is C12H15O2P3. The Hall–Kier alpha value is -0.280. The van der Waals surface area contributed by atoms with Crippen LogP contribution in [0.3, 0.4) is 0 Å². The van der Waals surface area contributed by atoms with Crippen LogP contribution in [0.1, 0.15) is 16.7 Å². The van der Waals surface area contributed by atoms with Gasteiger partial charge in [-0.2, -0.15) is 0 Å². The fourth-order valence-electron chi connectivity index (χ4n) is 1.83. The summed E-state index contributed by atoms with van der Waals surface area (Å²) < 4.78 is 5.42. The van der Waals surface area contributed by atoms with Gasteiger partial charge in [-0.05, 0) is 41.7 Å². The summed E-state index contributed by atoms with van der Waals surface area (Å²) >= 11 is 0. The molecule has 90 valence electrons. The Bertz CT molecular complexity index is 604. The average molecular weight is 284 g/mol. The first-order valence-electron chi connectivity index (χ1n) is 5.38. The van der Waals surface area contributed by atoms with Crippen LogP contribution in [0.5, 0.6) is 0 Å². The number of fused-ring (bicyclic) bond motifs is 1. The van der Waals surface area contributed by atoms with Crippen molar-refractivity contribution in [3.05, 3.63) is 45.3 Å². The monoisotopic (exact) mass is 284 g/mol. The molecule has 5 heteroatoms. The molecule has 0 spiro atoms. The SMILES string of the molecule is O=c1oc2c(CP)cc(CP)cc2cc1CP. The molecule has 2 rings (SSSR count). The van der Waals surface area contributed by atoms with Gasteiger partial charge in [0.25, 0.3) is 0 Å². The first kappa shape index (κ1) is 13.2. The van der Waals surface area contributed by atoms with Crippen molar-refractivity contribution in [2.75, 3.05) is 0 Å². The largest absolute Gasteiger partial charge is 0.422 e. The van der Waals surface area contributed by atoms with Gasteiger partial charge in [-0.1, -0.05) is 6.07 Å². The van der Waals surface area contributed by atoms with Gasteiger partial charge < -0.3 is 4.42 Å². The molecule has 0 bridgehead atoms. The van der Waals surface area contributed by atoms with E-state index >= 15 is 0 Å². The van der Waals surface area contributed by atoms with E-state index < -0.39 is 0 Å². The lowest BCUT2D eigenvalue weighted by Crippen LogP contribution is -2.05. The fourth-order valence-corrected chi connectivity index (χ4v) is 2.65. The summed E-state index contributed by atoms with van der Waals surface area (Å²) in [4.78, 5) is 11.7. The molecule has 1 aromatic carbocycles. The van der Waals surface area contributed by atoms with Crippen LogP contribution in [-0.4, -0.2) is 0 Å². The summed E-state index contributed by atoms with van der Waals surface area (Å²) in [6.45, 7) is 0. The third-order valence-corrected chi connectivity index (χ3v) is 4.07. The Morgan fingerprint density at radius 3 is 2.24 bits per heavy atom. The Labute approximate surface area is 107 Å². The van der Waals surface area contributed by atoms with Crippen molar-refractivity contribution in [3.8, 4) is 0 Å². The highest BCUT2D eigenvalue weighted by molar-refractivity contribution is 7.15. The normalized spacial score (nSPS) is 11.0. The van der Waals surface area contributed by atoms with Crippen molar-refractivity contribution < 1.29 is 4.42 Å². The molecule has 0 radical (unpaired) electrons. The minimum Gasteiger partial charge on any atom is -0.422 e. The van der Waals surface area contributed by atoms with Gasteiger partial charge in [0.2, 0.25) is 0 Å². The number of hydrogen-bond donors (Lipinski definition) is 0. The smallest absolute Gasteiger partial charge is 0.339 e. The lowest BCUT2D eigenvalue weighted by molar-refractivity contribution is 0.552. The first-order chi connectivity index (χ1) is 8.19. The van der Waals surface area contributed by atoms with Crippen LogP contribution in [-0.2, 0) is 18.5 Å². The summed E-state index contributed by atoms with van der Waals surface area (Å²) in [5.41, 5.74) is 3.50. The predicted molar refractivity (Wildman–Crippen MR) is 82.7 cm³/mol. The topological polar surface area (TPSA) is 30.2 Å². The maximum Gasteiger partial charge on any atom is 0.339 e. The first-order valence-corrected chi connectivity index (χ1v) is 7.83.